The Morgan fingerprint density at radius 1 is 1.36 bits per heavy atom. The van der Waals surface area contributed by atoms with Gasteiger partial charge in [-0.3, -0.25) is 4.79 Å². The van der Waals surface area contributed by atoms with E-state index in [0.717, 1.165) is 37.4 Å². The molecule has 0 spiro atoms. The molecule has 1 aliphatic rings. The number of nitriles is 1. The van der Waals surface area contributed by atoms with Gasteiger partial charge in [0.05, 0.1) is 19.8 Å². The predicted octanol–water partition coefficient (Wildman–Crippen LogP) is 2.61. The quantitative estimate of drug-likeness (QED) is 0.782. The number of anilines is 1. The third-order valence-corrected chi connectivity index (χ3v) is 4.13. The van der Waals surface area contributed by atoms with Gasteiger partial charge in [-0.25, -0.2) is 0 Å². The van der Waals surface area contributed by atoms with E-state index >= 15 is 0 Å². The molecule has 1 aliphatic heterocycles. The highest BCUT2D eigenvalue weighted by molar-refractivity contribution is 5.75. The number of ether oxygens (including phenoxy) is 2. The first-order valence-electron chi connectivity index (χ1n) is 7.64. The van der Waals surface area contributed by atoms with Crippen molar-refractivity contribution in [2.24, 2.45) is 11.8 Å². The van der Waals surface area contributed by atoms with E-state index in [9.17, 15) is 10.1 Å². The van der Waals surface area contributed by atoms with Gasteiger partial charge in [0.15, 0.2) is 0 Å². The molecule has 5 nitrogen and oxygen atoms in total. The molecule has 22 heavy (non-hydrogen) atoms. The van der Waals surface area contributed by atoms with E-state index in [4.69, 9.17) is 9.47 Å². The molecule has 1 aromatic carbocycles. The van der Waals surface area contributed by atoms with Gasteiger partial charge in [-0.1, -0.05) is 0 Å². The molecule has 118 valence electrons. The fraction of sp³-hybridized carbons (Fsp3) is 0.529. The highest BCUT2D eigenvalue weighted by Crippen LogP contribution is 2.29. The Hall–Kier alpha value is -2.22. The van der Waals surface area contributed by atoms with Crippen LogP contribution in [0.15, 0.2) is 24.3 Å². The van der Waals surface area contributed by atoms with Gasteiger partial charge in [0.1, 0.15) is 11.7 Å². The second-order valence-corrected chi connectivity index (χ2v) is 5.38. The molecule has 0 radical (unpaired) electrons. The minimum Gasteiger partial charge on any atom is -0.497 e. The average Bonchev–Trinajstić information content (AvgIpc) is 2.56. The summed E-state index contributed by atoms with van der Waals surface area (Å²) >= 11 is 0. The van der Waals surface area contributed by atoms with Gasteiger partial charge in [0.2, 0.25) is 0 Å². The number of hydrogen-bond donors (Lipinski definition) is 0. The van der Waals surface area contributed by atoms with E-state index in [-0.39, 0.29) is 11.9 Å². The zero-order chi connectivity index (χ0) is 15.9. The predicted molar refractivity (Wildman–Crippen MR) is 83.7 cm³/mol. The van der Waals surface area contributed by atoms with E-state index < -0.39 is 5.92 Å². The maximum Gasteiger partial charge on any atom is 0.323 e. The molecule has 0 bridgehead atoms. The molecule has 1 heterocycles. The lowest BCUT2D eigenvalue weighted by Crippen LogP contribution is -2.38. The van der Waals surface area contributed by atoms with Crippen LogP contribution in [0.25, 0.3) is 0 Å². The average molecular weight is 302 g/mol. The Morgan fingerprint density at radius 3 is 2.50 bits per heavy atom. The van der Waals surface area contributed by atoms with Gasteiger partial charge in [0, 0.05) is 18.8 Å². The number of benzene rings is 1. The summed E-state index contributed by atoms with van der Waals surface area (Å²) in [7, 11) is 1.65. The Morgan fingerprint density at radius 2 is 2.00 bits per heavy atom. The Bertz CT molecular complexity index is 528. The molecular weight excluding hydrogens is 280 g/mol. The van der Waals surface area contributed by atoms with Crippen LogP contribution in [0.4, 0.5) is 5.69 Å². The van der Waals surface area contributed by atoms with Crippen LogP contribution in [-0.4, -0.2) is 32.8 Å². The first-order chi connectivity index (χ1) is 10.7. The SMILES string of the molecule is CCOC(=O)C(C#N)C1CCN(c2ccc(OC)cc2)CC1. The summed E-state index contributed by atoms with van der Waals surface area (Å²) in [6.07, 6.45) is 1.64. The first kappa shape index (κ1) is 16.2. The highest BCUT2D eigenvalue weighted by Gasteiger charge is 2.32. The lowest BCUT2D eigenvalue weighted by atomic mass is 9.85. The number of methoxy groups -OCH3 is 1. The molecule has 1 saturated heterocycles. The largest absolute Gasteiger partial charge is 0.497 e. The van der Waals surface area contributed by atoms with Crippen LogP contribution in [0.3, 0.4) is 0 Å². The fourth-order valence-corrected chi connectivity index (χ4v) is 2.87. The summed E-state index contributed by atoms with van der Waals surface area (Å²) in [5.41, 5.74) is 1.14. The number of hydrogen-bond acceptors (Lipinski definition) is 5. The monoisotopic (exact) mass is 302 g/mol. The molecule has 2 rings (SSSR count). The van der Waals surface area contributed by atoms with Crippen molar-refractivity contribution in [3.8, 4) is 11.8 Å². The van der Waals surface area contributed by atoms with Gasteiger partial charge in [-0.15, -0.1) is 0 Å². The number of carbonyl (C=O) groups is 1. The topological polar surface area (TPSA) is 62.6 Å². The van der Waals surface area contributed by atoms with Crippen molar-refractivity contribution in [3.63, 3.8) is 0 Å². The third-order valence-electron chi connectivity index (χ3n) is 4.13. The summed E-state index contributed by atoms with van der Waals surface area (Å²) < 4.78 is 10.2. The zero-order valence-corrected chi connectivity index (χ0v) is 13.1. The minimum absolute atomic E-state index is 0.0820. The zero-order valence-electron chi connectivity index (χ0n) is 13.1. The number of nitrogens with zero attached hydrogens (tertiary/aromatic N) is 2. The lowest BCUT2D eigenvalue weighted by Gasteiger charge is -2.34. The third kappa shape index (κ3) is 3.70. The molecule has 0 saturated carbocycles. The summed E-state index contributed by atoms with van der Waals surface area (Å²) in [6.45, 7) is 3.77. The maximum absolute atomic E-state index is 11.8. The van der Waals surface area contributed by atoms with Gasteiger partial charge < -0.3 is 14.4 Å². The molecule has 1 fully saturated rings. The molecule has 0 amide bonds. The summed E-state index contributed by atoms with van der Waals surface area (Å²) in [4.78, 5) is 14.1. The minimum atomic E-state index is -0.641. The van der Waals surface area contributed by atoms with Crippen molar-refractivity contribution >= 4 is 11.7 Å². The van der Waals surface area contributed by atoms with Crippen molar-refractivity contribution in [2.75, 3.05) is 31.7 Å². The Balaban J connectivity index is 1.94. The van der Waals surface area contributed by atoms with E-state index in [1.807, 2.05) is 24.3 Å². The van der Waals surface area contributed by atoms with Crippen molar-refractivity contribution in [1.29, 1.82) is 5.26 Å². The van der Waals surface area contributed by atoms with Gasteiger partial charge in [-0.05, 0) is 49.9 Å². The van der Waals surface area contributed by atoms with Crippen LogP contribution < -0.4 is 9.64 Å². The first-order valence-corrected chi connectivity index (χ1v) is 7.64. The molecule has 5 heteroatoms. The Kier molecular flexibility index (Phi) is 5.65. The van der Waals surface area contributed by atoms with Crippen LogP contribution >= 0.6 is 0 Å². The molecule has 1 unspecified atom stereocenters. The molecule has 1 aromatic rings. The van der Waals surface area contributed by atoms with Crippen molar-refractivity contribution in [2.45, 2.75) is 19.8 Å². The van der Waals surface area contributed by atoms with Crippen molar-refractivity contribution in [3.05, 3.63) is 24.3 Å². The van der Waals surface area contributed by atoms with Crippen LogP contribution in [-0.2, 0) is 9.53 Å². The van der Waals surface area contributed by atoms with Crippen LogP contribution in [0, 0.1) is 23.2 Å². The van der Waals surface area contributed by atoms with Gasteiger partial charge in [-0.2, -0.15) is 5.26 Å². The normalized spacial score (nSPS) is 16.7. The second-order valence-electron chi connectivity index (χ2n) is 5.38. The van der Waals surface area contributed by atoms with E-state index in [1.165, 1.54) is 0 Å². The van der Waals surface area contributed by atoms with Gasteiger partial charge in [0.25, 0.3) is 0 Å². The standard InChI is InChI=1S/C17H22N2O3/c1-3-22-17(20)16(12-18)13-8-10-19(11-9-13)14-4-6-15(21-2)7-5-14/h4-7,13,16H,3,8-11H2,1-2H3. The molecular formula is C17H22N2O3. The summed E-state index contributed by atoms with van der Waals surface area (Å²) in [5, 5.41) is 9.24. The number of carbonyl (C=O) groups excluding carboxylic acids is 1. The maximum atomic E-state index is 11.8. The smallest absolute Gasteiger partial charge is 0.323 e. The van der Waals surface area contributed by atoms with E-state index in [2.05, 4.69) is 11.0 Å². The molecule has 0 aromatic heterocycles. The van der Waals surface area contributed by atoms with Crippen LogP contribution in [0.2, 0.25) is 0 Å². The highest BCUT2D eigenvalue weighted by atomic mass is 16.5. The summed E-state index contributed by atoms with van der Waals surface area (Å²) in [6, 6.07) is 10.1. The molecule has 0 aliphatic carbocycles. The lowest BCUT2D eigenvalue weighted by molar-refractivity contribution is -0.147. The van der Waals surface area contributed by atoms with Crippen molar-refractivity contribution < 1.29 is 14.3 Å². The van der Waals surface area contributed by atoms with Crippen LogP contribution in [0.1, 0.15) is 19.8 Å². The van der Waals surface area contributed by atoms with Crippen LogP contribution in [0.5, 0.6) is 5.75 Å². The fourth-order valence-electron chi connectivity index (χ4n) is 2.87. The van der Waals surface area contributed by atoms with E-state index in [0.29, 0.717) is 6.61 Å². The number of esters is 1. The van der Waals surface area contributed by atoms with Gasteiger partial charge >= 0.3 is 5.97 Å². The molecule has 1 atom stereocenters. The Labute approximate surface area is 131 Å². The second kappa shape index (κ2) is 7.69. The number of rotatable bonds is 5. The van der Waals surface area contributed by atoms with E-state index in [1.54, 1.807) is 14.0 Å². The number of piperidine rings is 1. The molecule has 0 N–H and O–H groups in total. The van der Waals surface area contributed by atoms with Crippen molar-refractivity contribution in [1.82, 2.24) is 0 Å². The summed E-state index contributed by atoms with van der Waals surface area (Å²) in [5.74, 6) is -0.102.